The summed E-state index contributed by atoms with van der Waals surface area (Å²) in [5, 5.41) is 10.5. The summed E-state index contributed by atoms with van der Waals surface area (Å²) in [6.07, 6.45) is -4.88. The Hall–Kier alpha value is -2.56. The summed E-state index contributed by atoms with van der Waals surface area (Å²) in [6.45, 7) is 0. The Labute approximate surface area is 188 Å². The van der Waals surface area contributed by atoms with E-state index in [0.717, 1.165) is 0 Å². The Morgan fingerprint density at radius 1 is 0.903 bits per heavy atom. The molecule has 0 radical (unpaired) electrons. The van der Waals surface area contributed by atoms with Crippen molar-refractivity contribution in [3.8, 4) is 11.5 Å². The van der Waals surface area contributed by atoms with Crippen molar-refractivity contribution in [2.45, 2.75) is 25.0 Å². The molecule has 3 unspecified atom stereocenters. The molecule has 5 N–H and O–H groups in total. The van der Waals surface area contributed by atoms with Crippen molar-refractivity contribution in [2.24, 2.45) is 11.5 Å². The largest absolute Gasteiger partial charge is 0.495 e. The molecule has 0 fully saturated rings. The van der Waals surface area contributed by atoms with E-state index in [2.05, 4.69) is 0 Å². The molecule has 0 saturated heterocycles. The zero-order valence-electron chi connectivity index (χ0n) is 16.7. The fourth-order valence-corrected chi connectivity index (χ4v) is 3.02. The van der Waals surface area contributed by atoms with Crippen molar-refractivity contribution in [3.05, 3.63) is 57.6 Å². The molecule has 0 amide bonds. The molecule has 0 aliphatic heterocycles. The van der Waals surface area contributed by atoms with Gasteiger partial charge in [0.25, 0.3) is 0 Å². The molecule has 2 aromatic rings. The Bertz CT molecular complexity index is 942. The highest BCUT2D eigenvalue weighted by Crippen LogP contribution is 2.28. The van der Waals surface area contributed by atoms with Crippen LogP contribution in [0, 0.1) is 0 Å². The highest BCUT2D eigenvalue weighted by atomic mass is 35.5. The molecule has 0 aliphatic rings. The van der Waals surface area contributed by atoms with Crippen LogP contribution in [0.25, 0.3) is 0 Å². The van der Waals surface area contributed by atoms with E-state index >= 15 is 0 Å². The highest BCUT2D eigenvalue weighted by Gasteiger charge is 2.25. The zero-order valence-corrected chi connectivity index (χ0v) is 18.2. The first-order chi connectivity index (χ1) is 14.7. The first-order valence-electron chi connectivity index (χ1n) is 8.92. The lowest BCUT2D eigenvalue weighted by molar-refractivity contribution is -0.166. The van der Waals surface area contributed by atoms with Crippen LogP contribution in [0.15, 0.2) is 36.4 Å². The predicted molar refractivity (Wildman–Crippen MR) is 113 cm³/mol. The van der Waals surface area contributed by atoms with Crippen molar-refractivity contribution in [2.75, 3.05) is 14.2 Å². The Morgan fingerprint density at radius 2 is 1.35 bits per heavy atom. The van der Waals surface area contributed by atoms with Crippen LogP contribution in [0.3, 0.4) is 0 Å². The van der Waals surface area contributed by atoms with Crippen LogP contribution in [0.4, 0.5) is 0 Å². The molecule has 11 heteroatoms. The van der Waals surface area contributed by atoms with Crippen LogP contribution in [0.2, 0.25) is 10.0 Å². The maximum Gasteiger partial charge on any atom is 0.337 e. The molecule has 2 rings (SSSR count). The van der Waals surface area contributed by atoms with Crippen molar-refractivity contribution in [1.82, 2.24) is 0 Å². The number of nitrogens with two attached hydrogens (primary N) is 2. The number of ether oxygens (including phenoxy) is 4. The minimum Gasteiger partial charge on any atom is -0.495 e. The lowest BCUT2D eigenvalue weighted by Gasteiger charge is -2.18. The number of hydrogen-bond donors (Lipinski definition) is 3. The number of aliphatic hydroxyl groups excluding tert-OH is 1. The van der Waals surface area contributed by atoms with Crippen molar-refractivity contribution >= 4 is 35.1 Å². The predicted octanol–water partition coefficient (Wildman–Crippen LogP) is 2.46. The Kier molecular flexibility index (Phi) is 8.90. The van der Waals surface area contributed by atoms with Crippen molar-refractivity contribution in [3.63, 3.8) is 0 Å². The van der Waals surface area contributed by atoms with E-state index in [1.54, 1.807) is 24.3 Å². The number of carbonyl (C=O) groups is 2. The Morgan fingerprint density at radius 3 is 1.77 bits per heavy atom. The van der Waals surface area contributed by atoms with E-state index < -0.39 is 36.9 Å². The van der Waals surface area contributed by atoms with Crippen LogP contribution in [-0.4, -0.2) is 37.4 Å². The van der Waals surface area contributed by atoms with E-state index in [0.29, 0.717) is 22.6 Å². The number of aliphatic hydroxyl groups is 1. The number of methoxy groups -OCH3 is 2. The number of esters is 2. The minimum atomic E-state index is -1.81. The second-order valence-corrected chi connectivity index (χ2v) is 7.09. The van der Waals surface area contributed by atoms with Gasteiger partial charge in [-0.2, -0.15) is 0 Å². The van der Waals surface area contributed by atoms with Gasteiger partial charge >= 0.3 is 11.9 Å². The lowest BCUT2D eigenvalue weighted by atomic mass is 10.2. The second kappa shape index (κ2) is 11.2. The standard InChI is InChI=1S/C20H22Cl2N2O7/c1-28-15-5-3-10(7-12(15)21)18(23)30-17(26)9-14(25)20(27)31-19(24)11-4-6-16(29-2)13(22)8-11/h3-8,14,18-19,25H,9,23-24H2,1-2H3. The van der Waals surface area contributed by atoms with Crippen molar-refractivity contribution < 1.29 is 33.6 Å². The number of benzene rings is 2. The van der Waals surface area contributed by atoms with E-state index in [-0.39, 0.29) is 10.0 Å². The molecule has 0 aliphatic carbocycles. The summed E-state index contributed by atoms with van der Waals surface area (Å²) in [5.74, 6) is -1.19. The molecule has 31 heavy (non-hydrogen) atoms. The van der Waals surface area contributed by atoms with E-state index in [1.165, 1.54) is 26.4 Å². The minimum absolute atomic E-state index is 0.267. The molecule has 0 aromatic heterocycles. The summed E-state index contributed by atoms with van der Waals surface area (Å²) in [5.41, 5.74) is 12.4. The van der Waals surface area contributed by atoms with Gasteiger partial charge in [0.2, 0.25) is 0 Å². The first kappa shape index (κ1) is 24.7. The first-order valence-corrected chi connectivity index (χ1v) is 9.68. The summed E-state index contributed by atoms with van der Waals surface area (Å²) in [4.78, 5) is 24.1. The SMILES string of the molecule is COc1ccc(C(N)OC(=O)CC(O)C(=O)OC(N)c2ccc(OC)c(Cl)c2)cc1Cl. The van der Waals surface area contributed by atoms with Gasteiger partial charge in [-0.1, -0.05) is 35.3 Å². The van der Waals surface area contributed by atoms with Gasteiger partial charge in [-0.3, -0.25) is 16.3 Å². The molecule has 0 bridgehead atoms. The van der Waals surface area contributed by atoms with Gasteiger partial charge in [0.05, 0.1) is 30.7 Å². The van der Waals surface area contributed by atoms with E-state index in [1.807, 2.05) is 0 Å². The zero-order chi connectivity index (χ0) is 23.1. The highest BCUT2D eigenvalue weighted by molar-refractivity contribution is 6.32. The quantitative estimate of drug-likeness (QED) is 0.370. The van der Waals surface area contributed by atoms with Crippen LogP contribution in [-0.2, 0) is 19.1 Å². The average Bonchev–Trinajstić information content (AvgIpc) is 2.73. The number of rotatable bonds is 9. The maximum atomic E-state index is 12.1. The molecule has 168 valence electrons. The normalized spacial score (nSPS) is 13.6. The smallest absolute Gasteiger partial charge is 0.337 e. The van der Waals surface area contributed by atoms with E-state index in [4.69, 9.17) is 53.6 Å². The van der Waals surface area contributed by atoms with E-state index in [9.17, 15) is 14.7 Å². The maximum absolute atomic E-state index is 12.1. The van der Waals surface area contributed by atoms with Gasteiger partial charge in [0.15, 0.2) is 18.6 Å². The summed E-state index contributed by atoms with van der Waals surface area (Å²) in [7, 11) is 2.90. The van der Waals surface area contributed by atoms with Gasteiger partial charge in [-0.25, -0.2) is 4.79 Å². The third kappa shape index (κ3) is 6.71. The number of hydrogen-bond acceptors (Lipinski definition) is 9. The molecule has 9 nitrogen and oxygen atoms in total. The molecule has 0 spiro atoms. The van der Waals surface area contributed by atoms with Crippen LogP contribution in [0.1, 0.15) is 30.0 Å². The van der Waals surface area contributed by atoms with Gasteiger partial charge < -0.3 is 24.1 Å². The third-order valence-corrected chi connectivity index (χ3v) is 4.73. The topological polar surface area (TPSA) is 143 Å². The average molecular weight is 473 g/mol. The number of halogens is 2. The summed E-state index contributed by atoms with van der Waals surface area (Å²) < 4.78 is 20.1. The molecule has 2 aromatic carbocycles. The molecular weight excluding hydrogens is 451 g/mol. The molecule has 0 saturated carbocycles. The number of carbonyl (C=O) groups excluding carboxylic acids is 2. The fraction of sp³-hybridized carbons (Fsp3) is 0.300. The van der Waals surface area contributed by atoms with Gasteiger partial charge in [-0.15, -0.1) is 0 Å². The van der Waals surface area contributed by atoms with Crippen LogP contribution >= 0.6 is 23.2 Å². The fourth-order valence-electron chi connectivity index (χ4n) is 2.49. The second-order valence-electron chi connectivity index (χ2n) is 6.28. The lowest BCUT2D eigenvalue weighted by Crippen LogP contribution is -2.31. The molecule has 3 atom stereocenters. The van der Waals surface area contributed by atoms with Gasteiger partial charge in [-0.05, 0) is 24.3 Å². The molecule has 0 heterocycles. The van der Waals surface area contributed by atoms with Gasteiger partial charge in [0, 0.05) is 11.1 Å². The summed E-state index contributed by atoms with van der Waals surface area (Å²) >= 11 is 12.0. The third-order valence-electron chi connectivity index (χ3n) is 4.14. The van der Waals surface area contributed by atoms with Crippen LogP contribution < -0.4 is 20.9 Å². The van der Waals surface area contributed by atoms with Crippen molar-refractivity contribution in [1.29, 1.82) is 0 Å². The summed E-state index contributed by atoms with van der Waals surface area (Å²) in [6, 6.07) is 9.14. The Balaban J connectivity index is 1.90. The van der Waals surface area contributed by atoms with Gasteiger partial charge in [0.1, 0.15) is 11.5 Å². The monoisotopic (exact) mass is 472 g/mol. The molecular formula is C20H22Cl2N2O7. The van der Waals surface area contributed by atoms with Crippen LogP contribution in [0.5, 0.6) is 11.5 Å².